The summed E-state index contributed by atoms with van der Waals surface area (Å²) < 4.78 is 0. The molecular formula is C25H35N7O3. The van der Waals surface area contributed by atoms with Crippen molar-refractivity contribution in [3.63, 3.8) is 0 Å². The second kappa shape index (κ2) is 13.2. The molecule has 1 aromatic heterocycles. The van der Waals surface area contributed by atoms with Gasteiger partial charge in [-0.05, 0) is 51.6 Å². The molecule has 1 aromatic carbocycles. The fourth-order valence-corrected chi connectivity index (χ4v) is 3.28. The Morgan fingerprint density at radius 3 is 2.54 bits per heavy atom. The SMILES string of the molecule is CCc1nc(Nc2cccc(CCNC(=O)CN(C)C(=O)/C=C/CN(C)C)c2)c(C(N)=O)nc1C. The first kappa shape index (κ1) is 27.5. The zero-order valence-electron chi connectivity index (χ0n) is 21.1. The summed E-state index contributed by atoms with van der Waals surface area (Å²) in [7, 11) is 5.42. The molecule has 2 aromatic rings. The Balaban J connectivity index is 1.93. The second-order valence-corrected chi connectivity index (χ2v) is 8.45. The largest absolute Gasteiger partial charge is 0.364 e. The van der Waals surface area contributed by atoms with E-state index in [0.29, 0.717) is 37.4 Å². The number of nitrogens with zero attached hydrogens (tertiary/aromatic N) is 4. The van der Waals surface area contributed by atoms with Crippen molar-refractivity contribution in [2.45, 2.75) is 26.7 Å². The Morgan fingerprint density at radius 1 is 1.14 bits per heavy atom. The number of likely N-dealkylation sites (N-methyl/N-ethyl adjacent to an activating group) is 2. The Kier molecular flexibility index (Phi) is 10.3. The minimum Gasteiger partial charge on any atom is -0.364 e. The van der Waals surface area contributed by atoms with E-state index < -0.39 is 5.91 Å². The van der Waals surface area contributed by atoms with Gasteiger partial charge in [-0.2, -0.15) is 0 Å². The van der Waals surface area contributed by atoms with Crippen molar-refractivity contribution in [2.24, 2.45) is 5.73 Å². The van der Waals surface area contributed by atoms with Gasteiger partial charge < -0.3 is 26.2 Å². The number of nitrogens with two attached hydrogens (primary N) is 1. The van der Waals surface area contributed by atoms with Gasteiger partial charge in [0.2, 0.25) is 11.8 Å². The molecule has 0 saturated heterocycles. The van der Waals surface area contributed by atoms with E-state index in [2.05, 4.69) is 20.6 Å². The van der Waals surface area contributed by atoms with E-state index in [4.69, 9.17) is 5.73 Å². The minimum atomic E-state index is -0.652. The van der Waals surface area contributed by atoms with Crippen LogP contribution < -0.4 is 16.4 Å². The molecule has 4 N–H and O–H groups in total. The zero-order valence-corrected chi connectivity index (χ0v) is 21.1. The van der Waals surface area contributed by atoms with Crippen LogP contribution >= 0.6 is 0 Å². The van der Waals surface area contributed by atoms with Crippen molar-refractivity contribution in [3.05, 3.63) is 59.1 Å². The van der Waals surface area contributed by atoms with Crippen LogP contribution in [0.1, 0.15) is 34.4 Å². The molecule has 0 aliphatic carbocycles. The second-order valence-electron chi connectivity index (χ2n) is 8.45. The van der Waals surface area contributed by atoms with Crippen molar-refractivity contribution in [2.75, 3.05) is 46.1 Å². The molecule has 188 valence electrons. The number of nitrogens with one attached hydrogen (secondary N) is 2. The van der Waals surface area contributed by atoms with E-state index in [1.54, 1.807) is 20.0 Å². The van der Waals surface area contributed by atoms with E-state index in [0.717, 1.165) is 16.9 Å². The molecule has 0 unspecified atom stereocenters. The van der Waals surface area contributed by atoms with Gasteiger partial charge in [-0.15, -0.1) is 0 Å². The molecule has 3 amide bonds. The van der Waals surface area contributed by atoms with Gasteiger partial charge in [0.05, 0.1) is 17.9 Å². The number of primary amides is 1. The van der Waals surface area contributed by atoms with Crippen LogP contribution in [0.2, 0.25) is 0 Å². The normalized spacial score (nSPS) is 11.0. The third-order valence-corrected chi connectivity index (χ3v) is 5.15. The van der Waals surface area contributed by atoms with Gasteiger partial charge in [0.25, 0.3) is 5.91 Å². The topological polar surface area (TPSA) is 134 Å². The standard InChI is InChI=1S/C25H35N7O3/c1-6-20-17(2)28-23(24(26)35)25(30-20)29-19-10-7-9-18(15-19)12-13-27-21(33)16-32(5)22(34)11-8-14-31(3)4/h7-11,15H,6,12-14,16H2,1-5H3,(H2,26,35)(H,27,33)(H,29,30)/b11-8+. The fourth-order valence-electron chi connectivity index (χ4n) is 3.28. The summed E-state index contributed by atoms with van der Waals surface area (Å²) >= 11 is 0. The van der Waals surface area contributed by atoms with E-state index >= 15 is 0 Å². The monoisotopic (exact) mass is 481 g/mol. The maximum absolute atomic E-state index is 12.2. The lowest BCUT2D eigenvalue weighted by molar-refractivity contribution is -0.131. The number of carbonyl (C=O) groups excluding carboxylic acids is 3. The third-order valence-electron chi connectivity index (χ3n) is 5.15. The van der Waals surface area contributed by atoms with Gasteiger partial charge in [-0.25, -0.2) is 9.97 Å². The highest BCUT2D eigenvalue weighted by molar-refractivity contribution is 5.96. The van der Waals surface area contributed by atoms with Gasteiger partial charge in [0.1, 0.15) is 0 Å². The molecule has 0 aliphatic heterocycles. The van der Waals surface area contributed by atoms with Crippen molar-refractivity contribution in [1.29, 1.82) is 0 Å². The summed E-state index contributed by atoms with van der Waals surface area (Å²) in [6.07, 6.45) is 4.50. The Bertz CT molecular complexity index is 1080. The predicted octanol–water partition coefficient (Wildman–Crippen LogP) is 1.42. The molecule has 0 aliphatic rings. The first-order chi connectivity index (χ1) is 16.6. The van der Waals surface area contributed by atoms with Crippen LogP contribution in [0.5, 0.6) is 0 Å². The summed E-state index contributed by atoms with van der Waals surface area (Å²) in [5.41, 5.74) is 8.74. The number of aromatic nitrogens is 2. The molecule has 35 heavy (non-hydrogen) atoms. The van der Waals surface area contributed by atoms with Crippen LogP contribution in [0.15, 0.2) is 36.4 Å². The summed E-state index contributed by atoms with van der Waals surface area (Å²) in [6.45, 7) is 4.81. The number of anilines is 2. The summed E-state index contributed by atoms with van der Waals surface area (Å²) in [5.74, 6) is -0.787. The smallest absolute Gasteiger partial charge is 0.271 e. The number of benzene rings is 1. The van der Waals surface area contributed by atoms with E-state index in [-0.39, 0.29) is 24.1 Å². The minimum absolute atomic E-state index is 0.0194. The first-order valence-corrected chi connectivity index (χ1v) is 11.5. The van der Waals surface area contributed by atoms with E-state index in [1.807, 2.05) is 50.2 Å². The van der Waals surface area contributed by atoms with Gasteiger partial charge in [0.15, 0.2) is 11.5 Å². The van der Waals surface area contributed by atoms with Crippen LogP contribution in [-0.4, -0.2) is 78.3 Å². The van der Waals surface area contributed by atoms with Gasteiger partial charge in [-0.1, -0.05) is 25.1 Å². The molecular weight excluding hydrogens is 446 g/mol. The summed E-state index contributed by atoms with van der Waals surface area (Å²) in [5, 5.41) is 5.98. The number of hydrogen-bond donors (Lipinski definition) is 3. The average molecular weight is 482 g/mol. The van der Waals surface area contributed by atoms with Gasteiger partial charge >= 0.3 is 0 Å². The first-order valence-electron chi connectivity index (χ1n) is 11.5. The van der Waals surface area contributed by atoms with Crippen LogP contribution in [0, 0.1) is 6.92 Å². The Labute approximate surface area is 206 Å². The number of hydrogen-bond acceptors (Lipinski definition) is 7. The van der Waals surface area contributed by atoms with E-state index in [1.165, 1.54) is 11.0 Å². The Morgan fingerprint density at radius 2 is 1.89 bits per heavy atom. The zero-order chi connectivity index (χ0) is 26.0. The highest BCUT2D eigenvalue weighted by atomic mass is 16.2. The number of rotatable bonds is 12. The molecule has 0 atom stereocenters. The molecule has 0 saturated carbocycles. The highest BCUT2D eigenvalue weighted by Gasteiger charge is 2.15. The maximum atomic E-state index is 12.2. The lowest BCUT2D eigenvalue weighted by atomic mass is 10.1. The maximum Gasteiger partial charge on any atom is 0.271 e. The number of carbonyl (C=O) groups is 3. The van der Waals surface area contributed by atoms with Crippen molar-refractivity contribution < 1.29 is 14.4 Å². The summed E-state index contributed by atoms with van der Waals surface area (Å²) in [4.78, 5) is 48.3. The van der Waals surface area contributed by atoms with Crippen molar-refractivity contribution in [3.8, 4) is 0 Å². The third kappa shape index (κ3) is 8.82. The lowest BCUT2D eigenvalue weighted by Gasteiger charge is -2.15. The highest BCUT2D eigenvalue weighted by Crippen LogP contribution is 2.20. The van der Waals surface area contributed by atoms with Crippen LogP contribution in [0.4, 0.5) is 11.5 Å². The molecule has 0 spiro atoms. The van der Waals surface area contributed by atoms with Crippen LogP contribution in [0.3, 0.4) is 0 Å². The lowest BCUT2D eigenvalue weighted by Crippen LogP contribution is -2.38. The quantitative estimate of drug-likeness (QED) is 0.391. The van der Waals surface area contributed by atoms with Crippen molar-refractivity contribution >= 4 is 29.2 Å². The average Bonchev–Trinajstić information content (AvgIpc) is 2.79. The summed E-state index contributed by atoms with van der Waals surface area (Å²) in [6, 6.07) is 7.58. The number of amides is 3. The van der Waals surface area contributed by atoms with Crippen molar-refractivity contribution in [1.82, 2.24) is 25.1 Å². The molecule has 2 rings (SSSR count). The molecule has 10 nitrogen and oxygen atoms in total. The molecule has 1 heterocycles. The predicted molar refractivity (Wildman–Crippen MR) is 136 cm³/mol. The van der Waals surface area contributed by atoms with Gasteiger partial charge in [-0.3, -0.25) is 14.4 Å². The van der Waals surface area contributed by atoms with Crippen LogP contribution in [0.25, 0.3) is 0 Å². The molecule has 0 radical (unpaired) electrons. The Hall–Kier alpha value is -3.79. The number of aryl methyl sites for hydroxylation is 2. The van der Waals surface area contributed by atoms with Gasteiger partial charge in [0, 0.05) is 31.9 Å². The fraction of sp³-hybridized carbons (Fsp3) is 0.400. The molecule has 0 bridgehead atoms. The van der Waals surface area contributed by atoms with E-state index in [9.17, 15) is 14.4 Å². The van der Waals surface area contributed by atoms with Crippen LogP contribution in [-0.2, 0) is 22.4 Å². The molecule has 0 fully saturated rings. The molecule has 10 heteroatoms.